The third-order valence-electron chi connectivity index (χ3n) is 2.75. The van der Waals surface area contributed by atoms with E-state index in [1.807, 2.05) is 38.1 Å². The number of carbonyl (C=O) groups is 1. The molecule has 0 aliphatic heterocycles. The van der Waals surface area contributed by atoms with Gasteiger partial charge in [0.25, 0.3) is 0 Å². The SMILES string of the molecule is Cc1cccc(C(=O)c2ccccn2)c1C. The maximum Gasteiger partial charge on any atom is 0.211 e. The molecule has 16 heavy (non-hydrogen) atoms. The first-order chi connectivity index (χ1) is 7.70. The number of hydrogen-bond acceptors (Lipinski definition) is 2. The Morgan fingerprint density at radius 1 is 1.06 bits per heavy atom. The topological polar surface area (TPSA) is 30.0 Å². The van der Waals surface area contributed by atoms with Gasteiger partial charge in [0.15, 0.2) is 0 Å². The lowest BCUT2D eigenvalue weighted by atomic mass is 9.98. The van der Waals surface area contributed by atoms with Crippen LogP contribution < -0.4 is 0 Å². The Bertz CT molecular complexity index is 518. The highest BCUT2D eigenvalue weighted by Crippen LogP contribution is 2.15. The van der Waals surface area contributed by atoms with Gasteiger partial charge in [-0.1, -0.05) is 24.3 Å². The second kappa shape index (κ2) is 4.27. The van der Waals surface area contributed by atoms with Gasteiger partial charge in [-0.2, -0.15) is 0 Å². The number of aryl methyl sites for hydroxylation is 1. The van der Waals surface area contributed by atoms with Gasteiger partial charge >= 0.3 is 0 Å². The van der Waals surface area contributed by atoms with Crippen molar-refractivity contribution in [3.8, 4) is 0 Å². The molecule has 2 aromatic rings. The Hall–Kier alpha value is -1.96. The van der Waals surface area contributed by atoms with Crippen LogP contribution in [0.25, 0.3) is 0 Å². The van der Waals surface area contributed by atoms with Gasteiger partial charge < -0.3 is 0 Å². The molecule has 0 atom stereocenters. The van der Waals surface area contributed by atoms with Crippen LogP contribution in [0.15, 0.2) is 42.6 Å². The summed E-state index contributed by atoms with van der Waals surface area (Å²) in [5.74, 6) is -0.0122. The zero-order valence-corrected chi connectivity index (χ0v) is 9.40. The molecule has 2 rings (SSSR count). The third kappa shape index (κ3) is 1.87. The number of aromatic nitrogens is 1. The van der Waals surface area contributed by atoms with Crippen LogP contribution in [-0.4, -0.2) is 10.8 Å². The molecule has 0 amide bonds. The molecular weight excluding hydrogens is 198 g/mol. The molecule has 0 unspecified atom stereocenters. The lowest BCUT2D eigenvalue weighted by Crippen LogP contribution is -2.06. The van der Waals surface area contributed by atoms with Crippen LogP contribution in [-0.2, 0) is 0 Å². The molecule has 0 bridgehead atoms. The standard InChI is InChI=1S/C14H13NO/c1-10-6-5-7-12(11(10)2)14(16)13-8-3-4-9-15-13/h3-9H,1-2H3. The van der Waals surface area contributed by atoms with E-state index in [0.717, 1.165) is 16.7 Å². The minimum Gasteiger partial charge on any atom is -0.287 e. The molecule has 2 heteroatoms. The Morgan fingerprint density at radius 2 is 1.88 bits per heavy atom. The molecule has 1 aromatic carbocycles. The fraction of sp³-hybridized carbons (Fsp3) is 0.143. The quantitative estimate of drug-likeness (QED) is 0.715. The summed E-state index contributed by atoms with van der Waals surface area (Å²) in [5, 5.41) is 0. The largest absolute Gasteiger partial charge is 0.287 e. The molecule has 0 aliphatic carbocycles. The third-order valence-corrected chi connectivity index (χ3v) is 2.75. The molecule has 0 radical (unpaired) electrons. The minimum atomic E-state index is -0.0122. The van der Waals surface area contributed by atoms with Crippen molar-refractivity contribution in [1.29, 1.82) is 0 Å². The normalized spacial score (nSPS) is 10.1. The van der Waals surface area contributed by atoms with Crippen LogP contribution >= 0.6 is 0 Å². The summed E-state index contributed by atoms with van der Waals surface area (Å²) in [6.45, 7) is 3.97. The molecule has 1 heterocycles. The monoisotopic (exact) mass is 211 g/mol. The van der Waals surface area contributed by atoms with Crippen LogP contribution in [0.1, 0.15) is 27.2 Å². The van der Waals surface area contributed by atoms with Crippen molar-refractivity contribution in [2.75, 3.05) is 0 Å². The molecule has 0 N–H and O–H groups in total. The average molecular weight is 211 g/mol. The van der Waals surface area contributed by atoms with Gasteiger partial charge in [0.05, 0.1) is 0 Å². The van der Waals surface area contributed by atoms with Crippen molar-refractivity contribution < 1.29 is 4.79 Å². The first-order valence-electron chi connectivity index (χ1n) is 5.22. The van der Waals surface area contributed by atoms with Crippen LogP contribution in [0.3, 0.4) is 0 Å². The summed E-state index contributed by atoms with van der Waals surface area (Å²) in [6.07, 6.45) is 1.64. The highest BCUT2D eigenvalue weighted by Gasteiger charge is 2.12. The van der Waals surface area contributed by atoms with E-state index in [1.165, 1.54) is 0 Å². The molecule has 0 saturated carbocycles. The van der Waals surface area contributed by atoms with Crippen molar-refractivity contribution in [2.45, 2.75) is 13.8 Å². The maximum atomic E-state index is 12.2. The van der Waals surface area contributed by atoms with E-state index in [1.54, 1.807) is 18.3 Å². The first-order valence-corrected chi connectivity index (χ1v) is 5.22. The van der Waals surface area contributed by atoms with E-state index < -0.39 is 0 Å². The van der Waals surface area contributed by atoms with E-state index >= 15 is 0 Å². The highest BCUT2D eigenvalue weighted by molar-refractivity contribution is 6.08. The van der Waals surface area contributed by atoms with Crippen LogP contribution in [0, 0.1) is 13.8 Å². The van der Waals surface area contributed by atoms with Crippen LogP contribution in [0.5, 0.6) is 0 Å². The Labute approximate surface area is 95.0 Å². The van der Waals surface area contributed by atoms with Gasteiger partial charge in [-0.05, 0) is 37.1 Å². The second-order valence-corrected chi connectivity index (χ2v) is 3.79. The molecule has 0 fully saturated rings. The lowest BCUT2D eigenvalue weighted by molar-refractivity contribution is 0.103. The van der Waals surface area contributed by atoms with Crippen molar-refractivity contribution in [1.82, 2.24) is 4.98 Å². The zero-order chi connectivity index (χ0) is 11.5. The number of benzene rings is 1. The highest BCUT2D eigenvalue weighted by atomic mass is 16.1. The Kier molecular flexibility index (Phi) is 2.82. The maximum absolute atomic E-state index is 12.2. The van der Waals surface area contributed by atoms with Gasteiger partial charge in [-0.25, -0.2) is 0 Å². The summed E-state index contributed by atoms with van der Waals surface area (Å²) in [5.41, 5.74) is 3.38. The Morgan fingerprint density at radius 3 is 2.56 bits per heavy atom. The molecule has 1 aromatic heterocycles. The van der Waals surface area contributed by atoms with Crippen LogP contribution in [0.4, 0.5) is 0 Å². The molecular formula is C14H13NO. The molecule has 0 aliphatic rings. The van der Waals surface area contributed by atoms with Gasteiger partial charge in [0.2, 0.25) is 5.78 Å². The zero-order valence-electron chi connectivity index (χ0n) is 9.40. The van der Waals surface area contributed by atoms with Crippen molar-refractivity contribution in [3.05, 3.63) is 65.0 Å². The number of carbonyl (C=O) groups excluding carboxylic acids is 1. The predicted octanol–water partition coefficient (Wildman–Crippen LogP) is 2.93. The van der Waals surface area contributed by atoms with E-state index in [4.69, 9.17) is 0 Å². The van der Waals surface area contributed by atoms with Crippen molar-refractivity contribution in [2.24, 2.45) is 0 Å². The smallest absolute Gasteiger partial charge is 0.211 e. The van der Waals surface area contributed by atoms with Gasteiger partial charge in [-0.3, -0.25) is 9.78 Å². The summed E-state index contributed by atoms with van der Waals surface area (Å²) in [7, 11) is 0. The van der Waals surface area contributed by atoms with Gasteiger partial charge in [0.1, 0.15) is 5.69 Å². The number of nitrogens with zero attached hydrogens (tertiary/aromatic N) is 1. The fourth-order valence-corrected chi connectivity index (χ4v) is 1.63. The van der Waals surface area contributed by atoms with Crippen molar-refractivity contribution in [3.63, 3.8) is 0 Å². The lowest BCUT2D eigenvalue weighted by Gasteiger charge is -2.06. The summed E-state index contributed by atoms with van der Waals surface area (Å²) in [4.78, 5) is 16.2. The summed E-state index contributed by atoms with van der Waals surface area (Å²) in [6, 6.07) is 11.1. The van der Waals surface area contributed by atoms with E-state index in [0.29, 0.717) is 5.69 Å². The fourth-order valence-electron chi connectivity index (χ4n) is 1.63. The van der Waals surface area contributed by atoms with E-state index in [2.05, 4.69) is 4.98 Å². The number of pyridine rings is 1. The minimum absolute atomic E-state index is 0.0122. The van der Waals surface area contributed by atoms with E-state index in [9.17, 15) is 4.79 Å². The molecule has 0 saturated heterocycles. The van der Waals surface area contributed by atoms with Gasteiger partial charge in [0, 0.05) is 11.8 Å². The van der Waals surface area contributed by atoms with Crippen LogP contribution in [0.2, 0.25) is 0 Å². The van der Waals surface area contributed by atoms with Gasteiger partial charge in [-0.15, -0.1) is 0 Å². The molecule has 0 spiro atoms. The summed E-state index contributed by atoms with van der Waals surface area (Å²) < 4.78 is 0. The average Bonchev–Trinajstić information content (AvgIpc) is 2.33. The molecule has 2 nitrogen and oxygen atoms in total. The predicted molar refractivity (Wildman–Crippen MR) is 63.6 cm³/mol. The summed E-state index contributed by atoms with van der Waals surface area (Å²) >= 11 is 0. The molecule has 80 valence electrons. The Balaban J connectivity index is 2.46. The first kappa shape index (κ1) is 10.6. The number of hydrogen-bond donors (Lipinski definition) is 0. The number of ketones is 1. The number of rotatable bonds is 2. The van der Waals surface area contributed by atoms with E-state index in [-0.39, 0.29) is 5.78 Å². The second-order valence-electron chi connectivity index (χ2n) is 3.79. The van der Waals surface area contributed by atoms with Crippen molar-refractivity contribution >= 4 is 5.78 Å².